The zero-order valence-electron chi connectivity index (χ0n) is 15.5. The van der Waals surface area contributed by atoms with Gasteiger partial charge in [0.05, 0.1) is 16.7 Å². The van der Waals surface area contributed by atoms with Crippen LogP contribution in [-0.4, -0.2) is 31.5 Å². The van der Waals surface area contributed by atoms with E-state index in [1.54, 1.807) is 12.1 Å². The van der Waals surface area contributed by atoms with Gasteiger partial charge in [0.2, 0.25) is 0 Å². The van der Waals surface area contributed by atoms with Crippen LogP contribution in [-0.2, 0) is 10.2 Å². The van der Waals surface area contributed by atoms with Crippen LogP contribution in [0.5, 0.6) is 23.0 Å². The highest BCUT2D eigenvalue weighted by Gasteiger charge is 2.57. The molecule has 4 atom stereocenters. The predicted molar refractivity (Wildman–Crippen MR) is 104 cm³/mol. The van der Waals surface area contributed by atoms with Crippen LogP contribution in [0.15, 0.2) is 40.8 Å². The quantitative estimate of drug-likeness (QED) is 0.193. The fourth-order valence-corrected chi connectivity index (χ4v) is 5.32. The van der Waals surface area contributed by atoms with Gasteiger partial charge in [-0.05, 0) is 48.1 Å². The molecular weight excluding hydrogens is 376 g/mol. The molecular formula is C22H19O7+. The summed E-state index contributed by atoms with van der Waals surface area (Å²) in [7, 11) is 0. The Hall–Kier alpha value is -3.48. The summed E-state index contributed by atoms with van der Waals surface area (Å²) in [5.41, 5.74) is -0.0288. The maximum atomic E-state index is 11.8. The number of carbonyl (C=O) groups is 1. The largest absolute Gasteiger partial charge is 0.504 e. The molecule has 0 aliphatic heterocycles. The van der Waals surface area contributed by atoms with Crippen LogP contribution in [0.2, 0.25) is 0 Å². The Morgan fingerprint density at radius 1 is 1.00 bits per heavy atom. The standard InChI is InChI=1S/C22H18O7/c1-9-10-6-7-22(9,8-13(10)21(27)28)16-11-2-4-14(23)17(25)19(11)29-20-12(16)3-5-15(24)18(20)26/h2-7,9-10,13H,8H2,1H3,(H4-,23,24,25,26,27,28)/p+1/t9?,10-,13?,22-/m0/s1. The molecule has 2 aliphatic rings. The normalized spacial score (nSPS) is 27.8. The molecule has 1 aromatic heterocycles. The van der Waals surface area contributed by atoms with E-state index in [1.165, 1.54) is 12.1 Å². The molecule has 0 saturated heterocycles. The molecule has 1 heterocycles. The third-order valence-corrected chi connectivity index (χ3v) is 6.77. The lowest BCUT2D eigenvalue weighted by molar-refractivity contribution is -0.142. The molecule has 0 amide bonds. The fraction of sp³-hybridized carbons (Fsp3) is 0.273. The van der Waals surface area contributed by atoms with Gasteiger partial charge in [0.25, 0.3) is 11.5 Å². The van der Waals surface area contributed by atoms with Gasteiger partial charge >= 0.3 is 17.1 Å². The molecule has 7 nitrogen and oxygen atoms in total. The lowest BCUT2D eigenvalue weighted by Crippen LogP contribution is -2.26. The van der Waals surface area contributed by atoms with Crippen LogP contribution < -0.4 is 0 Å². The van der Waals surface area contributed by atoms with Gasteiger partial charge in [0, 0.05) is 5.41 Å². The van der Waals surface area contributed by atoms with Crippen LogP contribution in [0.4, 0.5) is 0 Å². The highest BCUT2D eigenvalue weighted by Crippen LogP contribution is 2.61. The smallest absolute Gasteiger partial charge is 0.406 e. The molecule has 1 fully saturated rings. The second-order valence-electron chi connectivity index (χ2n) is 8.01. The second-order valence-corrected chi connectivity index (χ2v) is 8.01. The van der Waals surface area contributed by atoms with Crippen molar-refractivity contribution in [2.24, 2.45) is 17.8 Å². The Balaban J connectivity index is 1.95. The third-order valence-electron chi connectivity index (χ3n) is 6.77. The van der Waals surface area contributed by atoms with Crippen molar-refractivity contribution < 1.29 is 34.7 Å². The van der Waals surface area contributed by atoms with Crippen LogP contribution in [0.3, 0.4) is 0 Å². The van der Waals surface area contributed by atoms with E-state index in [-0.39, 0.29) is 34.5 Å². The molecule has 0 radical (unpaired) electrons. The summed E-state index contributed by atoms with van der Waals surface area (Å²) in [4.78, 5) is 11.8. The van der Waals surface area contributed by atoms with E-state index in [0.29, 0.717) is 22.8 Å². The number of fused-ring (bicyclic) bond motifs is 4. The third kappa shape index (κ3) is 2.07. The number of hydrogen-bond acceptors (Lipinski definition) is 5. The number of hydrogen-bond donors (Lipinski definition) is 5. The average molecular weight is 395 g/mol. The first-order valence-electron chi connectivity index (χ1n) is 9.34. The maximum absolute atomic E-state index is 11.8. The molecule has 2 aliphatic carbocycles. The molecule has 2 unspecified atom stereocenters. The van der Waals surface area contributed by atoms with Crippen LogP contribution in [0.25, 0.3) is 21.9 Å². The second kappa shape index (κ2) is 5.53. The van der Waals surface area contributed by atoms with Crippen molar-refractivity contribution in [3.05, 3.63) is 42.0 Å². The van der Waals surface area contributed by atoms with Gasteiger partial charge in [0.1, 0.15) is 0 Å². The number of allylic oxidation sites excluding steroid dienone is 2. The highest BCUT2D eigenvalue weighted by atomic mass is 16.4. The first kappa shape index (κ1) is 17.6. The Bertz CT molecular complexity index is 1180. The van der Waals surface area contributed by atoms with Crippen molar-refractivity contribution in [2.75, 3.05) is 0 Å². The monoisotopic (exact) mass is 395 g/mol. The van der Waals surface area contributed by atoms with Crippen molar-refractivity contribution in [1.29, 1.82) is 0 Å². The number of phenolic OH excluding ortho intramolecular Hbond substituents is 4. The lowest BCUT2D eigenvalue weighted by atomic mass is 9.71. The average Bonchev–Trinajstić information content (AvgIpc) is 3.17. The first-order valence-corrected chi connectivity index (χ1v) is 9.34. The SMILES string of the molecule is CC1[C@@H]2C=C[C@]1(c1c3ccc(O)c(O)c3[o+]c3c(O)c(O)ccc13)CC2C(=O)O. The Labute approximate surface area is 164 Å². The number of carboxylic acids is 1. The van der Waals surface area contributed by atoms with Gasteiger partial charge in [-0.1, -0.05) is 19.1 Å². The van der Waals surface area contributed by atoms with E-state index in [1.807, 2.05) is 19.1 Å². The van der Waals surface area contributed by atoms with Gasteiger partial charge in [-0.15, -0.1) is 0 Å². The number of aromatic hydroxyl groups is 4. The number of rotatable bonds is 2. The van der Waals surface area contributed by atoms with Crippen molar-refractivity contribution in [2.45, 2.75) is 18.8 Å². The van der Waals surface area contributed by atoms with Gasteiger partial charge in [-0.25, -0.2) is 0 Å². The maximum Gasteiger partial charge on any atom is 0.406 e. The summed E-state index contributed by atoms with van der Waals surface area (Å²) in [5, 5.41) is 51.5. The van der Waals surface area contributed by atoms with E-state index in [9.17, 15) is 30.3 Å². The van der Waals surface area contributed by atoms with Gasteiger partial charge in [-0.3, -0.25) is 4.79 Å². The molecule has 1 saturated carbocycles. The van der Waals surface area contributed by atoms with E-state index in [0.717, 1.165) is 0 Å². The summed E-state index contributed by atoms with van der Waals surface area (Å²) in [5.74, 6) is -3.31. The fourth-order valence-electron chi connectivity index (χ4n) is 5.32. The molecule has 5 rings (SSSR count). The molecule has 2 aromatic carbocycles. The first-order chi connectivity index (χ1) is 13.8. The molecule has 0 spiro atoms. The molecule has 148 valence electrons. The summed E-state index contributed by atoms with van der Waals surface area (Å²) in [6, 6.07) is 5.93. The minimum absolute atomic E-state index is 0.0365. The zero-order valence-corrected chi connectivity index (χ0v) is 15.5. The number of benzene rings is 2. The summed E-state index contributed by atoms with van der Waals surface area (Å²) >= 11 is 0. The van der Waals surface area contributed by atoms with Crippen molar-refractivity contribution >= 4 is 27.9 Å². The lowest BCUT2D eigenvalue weighted by Gasteiger charge is -2.30. The molecule has 3 aromatic rings. The van der Waals surface area contributed by atoms with Crippen molar-refractivity contribution in [3.8, 4) is 23.0 Å². The van der Waals surface area contributed by atoms with Crippen molar-refractivity contribution in [1.82, 2.24) is 0 Å². The summed E-state index contributed by atoms with van der Waals surface area (Å²) < 4.78 is 5.72. The minimum atomic E-state index is -0.858. The van der Waals surface area contributed by atoms with Crippen LogP contribution in [0, 0.1) is 17.8 Å². The topological polar surface area (TPSA) is 130 Å². The number of carboxylic acid groups (broad SMARTS) is 1. The number of aliphatic carboxylic acids is 1. The van der Waals surface area contributed by atoms with Crippen LogP contribution >= 0.6 is 0 Å². The van der Waals surface area contributed by atoms with E-state index in [2.05, 4.69) is 0 Å². The van der Waals surface area contributed by atoms with E-state index in [4.69, 9.17) is 4.42 Å². The van der Waals surface area contributed by atoms with E-state index < -0.39 is 28.8 Å². The summed E-state index contributed by atoms with van der Waals surface area (Å²) in [6.07, 6.45) is 4.29. The predicted octanol–water partition coefficient (Wildman–Crippen LogP) is 3.85. The van der Waals surface area contributed by atoms with Gasteiger partial charge in [0.15, 0.2) is 11.5 Å². The van der Waals surface area contributed by atoms with Crippen LogP contribution in [0.1, 0.15) is 18.9 Å². The van der Waals surface area contributed by atoms with Gasteiger partial charge < -0.3 is 25.5 Å². The zero-order chi connectivity index (χ0) is 20.7. The Morgan fingerprint density at radius 2 is 1.55 bits per heavy atom. The van der Waals surface area contributed by atoms with Gasteiger partial charge in [-0.2, -0.15) is 4.42 Å². The summed E-state index contributed by atoms with van der Waals surface area (Å²) in [6.45, 7) is 2.00. The van der Waals surface area contributed by atoms with Crippen molar-refractivity contribution in [3.63, 3.8) is 0 Å². The Morgan fingerprint density at radius 3 is 2.03 bits per heavy atom. The molecule has 5 N–H and O–H groups in total. The van der Waals surface area contributed by atoms with E-state index >= 15 is 0 Å². The molecule has 2 bridgehead atoms. The highest BCUT2D eigenvalue weighted by molar-refractivity contribution is 6.02. The Kier molecular flexibility index (Phi) is 3.36. The molecule has 7 heteroatoms. The molecule has 29 heavy (non-hydrogen) atoms. The minimum Gasteiger partial charge on any atom is -0.504 e. The number of phenols is 4.